The van der Waals surface area contributed by atoms with Gasteiger partial charge in [0.25, 0.3) is 11.8 Å². The van der Waals surface area contributed by atoms with Crippen molar-refractivity contribution in [3.05, 3.63) is 33.3 Å². The van der Waals surface area contributed by atoms with Gasteiger partial charge in [0.1, 0.15) is 16.4 Å². The van der Waals surface area contributed by atoms with Crippen molar-refractivity contribution >= 4 is 23.2 Å². The zero-order valence-electron chi connectivity index (χ0n) is 16.5. The third kappa shape index (κ3) is 4.41. The second-order valence-electron chi connectivity index (χ2n) is 7.14. The number of hydrogen-bond donors (Lipinski definition) is 3. The molecule has 1 aliphatic rings. The fourth-order valence-corrected chi connectivity index (χ4v) is 4.36. The van der Waals surface area contributed by atoms with Crippen LogP contribution in [-0.2, 0) is 6.42 Å². The van der Waals surface area contributed by atoms with Crippen LogP contribution in [0.5, 0.6) is 0 Å². The SMILES string of the molecule is CCc1[nH]c(C)nc1C(=O)NC1CCN(C(=O)c2cnc(C)s2)CCC1CO. The molecule has 1 saturated heterocycles. The molecule has 1 aliphatic heterocycles. The summed E-state index contributed by atoms with van der Waals surface area (Å²) in [6.07, 6.45) is 3.52. The highest BCUT2D eigenvalue weighted by atomic mass is 32.1. The van der Waals surface area contributed by atoms with E-state index in [1.165, 1.54) is 11.3 Å². The van der Waals surface area contributed by atoms with Crippen LogP contribution in [0.15, 0.2) is 6.20 Å². The number of nitrogens with one attached hydrogen (secondary N) is 2. The molecule has 9 heteroatoms. The van der Waals surface area contributed by atoms with E-state index in [0.29, 0.717) is 48.7 Å². The van der Waals surface area contributed by atoms with E-state index in [4.69, 9.17) is 0 Å². The number of H-pyrrole nitrogens is 1. The van der Waals surface area contributed by atoms with Crippen LogP contribution in [0.1, 0.15) is 56.5 Å². The van der Waals surface area contributed by atoms with E-state index >= 15 is 0 Å². The maximum Gasteiger partial charge on any atom is 0.271 e. The third-order valence-corrected chi connectivity index (χ3v) is 6.09. The number of rotatable bonds is 5. The standard InChI is InChI=1S/C19H27N5O3S/c1-4-14-17(22-11(2)21-14)18(26)23-15-6-8-24(7-5-13(15)10-25)19(27)16-9-20-12(3)28-16/h9,13,15,25H,4-8,10H2,1-3H3,(H,21,22)(H,23,26). The second-order valence-corrected chi connectivity index (χ2v) is 8.37. The number of aliphatic hydroxyl groups excluding tert-OH is 1. The molecule has 2 amide bonds. The molecule has 2 aromatic rings. The molecule has 0 bridgehead atoms. The van der Waals surface area contributed by atoms with Crippen LogP contribution in [0.3, 0.4) is 0 Å². The van der Waals surface area contributed by atoms with Crippen LogP contribution < -0.4 is 5.32 Å². The number of imidazole rings is 1. The second kappa shape index (κ2) is 8.83. The number of aromatic amines is 1. The van der Waals surface area contributed by atoms with Crippen LogP contribution in [0.25, 0.3) is 0 Å². The lowest BCUT2D eigenvalue weighted by atomic mass is 9.95. The van der Waals surface area contributed by atoms with E-state index in [2.05, 4.69) is 20.3 Å². The lowest BCUT2D eigenvalue weighted by molar-refractivity contribution is 0.0762. The van der Waals surface area contributed by atoms with Gasteiger partial charge in [-0.2, -0.15) is 0 Å². The number of aryl methyl sites for hydroxylation is 3. The van der Waals surface area contributed by atoms with Crippen LogP contribution in [0.2, 0.25) is 0 Å². The van der Waals surface area contributed by atoms with Gasteiger partial charge in [0.05, 0.1) is 11.2 Å². The number of carbonyl (C=O) groups excluding carboxylic acids is 2. The smallest absolute Gasteiger partial charge is 0.271 e. The Morgan fingerprint density at radius 2 is 2.11 bits per heavy atom. The van der Waals surface area contributed by atoms with Gasteiger partial charge in [-0.15, -0.1) is 11.3 Å². The molecule has 1 fully saturated rings. The molecule has 0 aliphatic carbocycles. The van der Waals surface area contributed by atoms with Crippen molar-refractivity contribution in [2.24, 2.45) is 5.92 Å². The fraction of sp³-hybridized carbons (Fsp3) is 0.579. The Hall–Kier alpha value is -2.26. The molecule has 2 unspecified atom stereocenters. The molecular formula is C19H27N5O3S. The molecule has 0 radical (unpaired) electrons. The molecular weight excluding hydrogens is 378 g/mol. The summed E-state index contributed by atoms with van der Waals surface area (Å²) in [5, 5.41) is 13.7. The third-order valence-electron chi connectivity index (χ3n) is 5.18. The number of nitrogens with zero attached hydrogens (tertiary/aromatic N) is 3. The zero-order valence-corrected chi connectivity index (χ0v) is 17.3. The fourth-order valence-electron chi connectivity index (χ4n) is 3.61. The summed E-state index contributed by atoms with van der Waals surface area (Å²) in [6, 6.07) is -0.208. The van der Waals surface area contributed by atoms with Gasteiger partial charge in [-0.05, 0) is 33.1 Å². The minimum atomic E-state index is -0.234. The van der Waals surface area contributed by atoms with Gasteiger partial charge in [-0.1, -0.05) is 6.92 Å². The van der Waals surface area contributed by atoms with E-state index in [0.717, 1.165) is 10.7 Å². The Kier molecular flexibility index (Phi) is 6.46. The largest absolute Gasteiger partial charge is 0.396 e. The Morgan fingerprint density at radius 3 is 2.75 bits per heavy atom. The van der Waals surface area contributed by atoms with Crippen molar-refractivity contribution in [2.75, 3.05) is 19.7 Å². The van der Waals surface area contributed by atoms with Gasteiger partial charge in [-0.3, -0.25) is 9.59 Å². The molecule has 28 heavy (non-hydrogen) atoms. The van der Waals surface area contributed by atoms with Gasteiger partial charge in [-0.25, -0.2) is 9.97 Å². The Labute approximate surface area is 168 Å². The number of thiazole rings is 1. The molecule has 0 saturated carbocycles. The summed E-state index contributed by atoms with van der Waals surface area (Å²) in [5.74, 6) is 0.334. The molecule has 3 heterocycles. The molecule has 8 nitrogen and oxygen atoms in total. The van der Waals surface area contributed by atoms with E-state index in [9.17, 15) is 14.7 Å². The monoisotopic (exact) mass is 405 g/mol. The lowest BCUT2D eigenvalue weighted by Crippen LogP contribution is -2.42. The Morgan fingerprint density at radius 1 is 1.36 bits per heavy atom. The first-order valence-corrected chi connectivity index (χ1v) is 10.4. The average Bonchev–Trinajstić information content (AvgIpc) is 3.22. The number of aromatic nitrogens is 3. The number of amides is 2. The van der Waals surface area contributed by atoms with Crippen molar-refractivity contribution in [1.82, 2.24) is 25.2 Å². The summed E-state index contributed by atoms with van der Waals surface area (Å²) in [7, 11) is 0. The van der Waals surface area contributed by atoms with Gasteiger partial charge in [0, 0.05) is 37.4 Å². The van der Waals surface area contributed by atoms with Gasteiger partial charge < -0.3 is 20.3 Å². The minimum absolute atomic E-state index is 0.0349. The maximum absolute atomic E-state index is 12.8. The summed E-state index contributed by atoms with van der Waals surface area (Å²) in [6.45, 7) is 6.71. The van der Waals surface area contributed by atoms with Crippen molar-refractivity contribution < 1.29 is 14.7 Å². The van der Waals surface area contributed by atoms with Gasteiger partial charge in [0.2, 0.25) is 0 Å². The summed E-state index contributed by atoms with van der Waals surface area (Å²) < 4.78 is 0. The van der Waals surface area contributed by atoms with Crippen LogP contribution in [0.4, 0.5) is 0 Å². The highest BCUT2D eigenvalue weighted by Gasteiger charge is 2.31. The first-order valence-electron chi connectivity index (χ1n) is 9.61. The molecule has 3 N–H and O–H groups in total. The molecule has 2 atom stereocenters. The number of aliphatic hydroxyl groups is 1. The summed E-state index contributed by atoms with van der Waals surface area (Å²) in [5.41, 5.74) is 1.22. The van der Waals surface area contributed by atoms with E-state index in [1.54, 1.807) is 11.1 Å². The van der Waals surface area contributed by atoms with Gasteiger partial charge in [0.15, 0.2) is 0 Å². The first-order chi connectivity index (χ1) is 13.4. The summed E-state index contributed by atoms with van der Waals surface area (Å²) in [4.78, 5) is 39.5. The lowest BCUT2D eigenvalue weighted by Gasteiger charge is -2.23. The highest BCUT2D eigenvalue weighted by Crippen LogP contribution is 2.22. The summed E-state index contributed by atoms with van der Waals surface area (Å²) >= 11 is 1.38. The average molecular weight is 406 g/mol. The van der Waals surface area contributed by atoms with Crippen LogP contribution >= 0.6 is 11.3 Å². The quantitative estimate of drug-likeness (QED) is 0.701. The molecule has 2 aromatic heterocycles. The molecule has 152 valence electrons. The predicted octanol–water partition coefficient (Wildman–Crippen LogP) is 1.69. The van der Waals surface area contributed by atoms with Crippen LogP contribution in [-0.4, -0.2) is 62.5 Å². The highest BCUT2D eigenvalue weighted by molar-refractivity contribution is 7.13. The van der Waals surface area contributed by atoms with Gasteiger partial charge >= 0.3 is 0 Å². The number of carbonyl (C=O) groups is 2. The Balaban J connectivity index is 1.69. The van der Waals surface area contributed by atoms with E-state index < -0.39 is 0 Å². The first kappa shape index (κ1) is 20.5. The van der Waals surface area contributed by atoms with E-state index in [1.807, 2.05) is 20.8 Å². The number of likely N-dealkylation sites (tertiary alicyclic amines) is 1. The topological polar surface area (TPSA) is 111 Å². The maximum atomic E-state index is 12.8. The van der Waals surface area contributed by atoms with Crippen molar-refractivity contribution in [3.63, 3.8) is 0 Å². The van der Waals surface area contributed by atoms with Crippen molar-refractivity contribution in [1.29, 1.82) is 0 Å². The van der Waals surface area contributed by atoms with E-state index in [-0.39, 0.29) is 30.4 Å². The number of hydrogen-bond acceptors (Lipinski definition) is 6. The molecule has 0 aromatic carbocycles. The molecule has 0 spiro atoms. The Bertz CT molecular complexity index is 846. The van der Waals surface area contributed by atoms with Crippen molar-refractivity contribution in [2.45, 2.75) is 46.1 Å². The zero-order chi connectivity index (χ0) is 20.3. The molecule has 3 rings (SSSR count). The minimum Gasteiger partial charge on any atom is -0.396 e. The predicted molar refractivity (Wildman–Crippen MR) is 107 cm³/mol. The normalized spacial score (nSPS) is 20.1. The van der Waals surface area contributed by atoms with Crippen LogP contribution in [0, 0.1) is 19.8 Å². The van der Waals surface area contributed by atoms with Crippen molar-refractivity contribution in [3.8, 4) is 0 Å².